The van der Waals surface area contributed by atoms with Gasteiger partial charge in [0.05, 0.1) is 18.3 Å². The lowest BCUT2D eigenvalue weighted by atomic mass is 9.56. The summed E-state index contributed by atoms with van der Waals surface area (Å²) in [7, 11) is 0. The van der Waals surface area contributed by atoms with E-state index in [1.54, 1.807) is 11.0 Å². The number of piperidine rings is 1. The van der Waals surface area contributed by atoms with Crippen molar-refractivity contribution in [3.63, 3.8) is 0 Å². The summed E-state index contributed by atoms with van der Waals surface area (Å²) in [6.45, 7) is 7.32. The molecule has 4 rings (SSSR count). The third kappa shape index (κ3) is 5.18. The second-order valence-corrected chi connectivity index (χ2v) is 9.97. The van der Waals surface area contributed by atoms with Crippen LogP contribution in [0, 0.1) is 17.2 Å². The third-order valence-corrected chi connectivity index (χ3v) is 7.20. The number of amides is 2. The third-order valence-electron chi connectivity index (χ3n) is 7.20. The Labute approximate surface area is 190 Å². The van der Waals surface area contributed by atoms with Gasteiger partial charge in [-0.2, -0.15) is 0 Å². The van der Waals surface area contributed by atoms with Gasteiger partial charge in [0, 0.05) is 32.2 Å². The van der Waals surface area contributed by atoms with Gasteiger partial charge in [0.25, 0.3) is 5.91 Å². The number of benzene rings is 1. The second-order valence-electron chi connectivity index (χ2n) is 9.97. The Bertz CT molecular complexity index is 823. The maximum absolute atomic E-state index is 14.3. The highest BCUT2D eigenvalue weighted by Crippen LogP contribution is 2.54. The minimum atomic E-state index is -0.510. The molecule has 3 fully saturated rings. The maximum Gasteiger partial charge on any atom is 0.410 e. The number of halogens is 1. The van der Waals surface area contributed by atoms with Crippen molar-refractivity contribution in [1.82, 2.24) is 9.80 Å². The van der Waals surface area contributed by atoms with Crippen LogP contribution in [0.4, 0.5) is 9.18 Å². The largest absolute Gasteiger partial charge is 0.493 e. The molecule has 1 aromatic carbocycles. The normalized spacial score (nSPS) is 20.1. The lowest BCUT2D eigenvalue weighted by Crippen LogP contribution is -2.49. The van der Waals surface area contributed by atoms with Crippen LogP contribution in [-0.4, -0.2) is 60.7 Å². The summed E-state index contributed by atoms with van der Waals surface area (Å²) >= 11 is 0. The van der Waals surface area contributed by atoms with E-state index < -0.39 is 5.82 Å². The van der Waals surface area contributed by atoms with Gasteiger partial charge in [-0.25, -0.2) is 9.18 Å². The van der Waals surface area contributed by atoms with Crippen molar-refractivity contribution >= 4 is 12.0 Å². The van der Waals surface area contributed by atoms with E-state index in [1.807, 2.05) is 18.7 Å². The topological polar surface area (TPSA) is 59.1 Å². The Balaban J connectivity index is 1.13. The van der Waals surface area contributed by atoms with Crippen LogP contribution in [0.15, 0.2) is 18.2 Å². The van der Waals surface area contributed by atoms with Gasteiger partial charge in [-0.15, -0.1) is 0 Å². The fraction of sp³-hybridized carbons (Fsp3) is 0.680. The summed E-state index contributed by atoms with van der Waals surface area (Å²) in [4.78, 5) is 27.7. The molecule has 1 spiro atoms. The Morgan fingerprint density at radius 3 is 2.44 bits per heavy atom. The summed E-state index contributed by atoms with van der Waals surface area (Å²) in [6.07, 6.45) is 7.35. The quantitative estimate of drug-likeness (QED) is 0.561. The predicted octanol–water partition coefficient (Wildman–Crippen LogP) is 4.87. The highest BCUT2D eigenvalue weighted by atomic mass is 19.1. The van der Waals surface area contributed by atoms with Gasteiger partial charge in [-0.05, 0) is 82.3 Å². The fourth-order valence-electron chi connectivity index (χ4n) is 5.23. The van der Waals surface area contributed by atoms with Gasteiger partial charge in [-0.1, -0.05) is 0 Å². The number of rotatable bonds is 7. The zero-order valence-corrected chi connectivity index (χ0v) is 19.3. The van der Waals surface area contributed by atoms with Crippen molar-refractivity contribution < 1.29 is 23.5 Å². The number of nitrogens with zero attached hydrogens (tertiary/aromatic N) is 2. The van der Waals surface area contributed by atoms with E-state index in [1.165, 1.54) is 25.0 Å². The molecule has 7 heteroatoms. The van der Waals surface area contributed by atoms with Gasteiger partial charge in [-0.3, -0.25) is 4.79 Å². The molecule has 0 atom stereocenters. The lowest BCUT2D eigenvalue weighted by molar-refractivity contribution is -0.0203. The van der Waals surface area contributed by atoms with Crippen LogP contribution < -0.4 is 4.74 Å². The molecular weight excluding hydrogens is 411 g/mol. The smallest absolute Gasteiger partial charge is 0.410 e. The molecule has 32 heavy (non-hydrogen) atoms. The summed E-state index contributed by atoms with van der Waals surface area (Å²) in [5.41, 5.74) is 0.530. The number of hydrogen-bond donors (Lipinski definition) is 0. The van der Waals surface area contributed by atoms with Crippen molar-refractivity contribution in [3.8, 4) is 5.75 Å². The first-order valence-electron chi connectivity index (χ1n) is 12.0. The molecule has 1 saturated carbocycles. The van der Waals surface area contributed by atoms with Crippen molar-refractivity contribution in [2.75, 3.05) is 32.8 Å². The molecule has 2 heterocycles. The molecular formula is C25H35FN2O4. The number of ether oxygens (including phenoxy) is 2. The first kappa shape index (κ1) is 22.9. The van der Waals surface area contributed by atoms with Crippen LogP contribution >= 0.6 is 0 Å². The number of hydrogen-bond acceptors (Lipinski definition) is 4. The van der Waals surface area contributed by atoms with E-state index in [4.69, 9.17) is 9.47 Å². The molecule has 6 nitrogen and oxygen atoms in total. The van der Waals surface area contributed by atoms with E-state index >= 15 is 0 Å². The first-order valence-corrected chi connectivity index (χ1v) is 12.0. The molecule has 1 aliphatic carbocycles. The summed E-state index contributed by atoms with van der Waals surface area (Å²) < 4.78 is 25.3. The van der Waals surface area contributed by atoms with E-state index in [0.29, 0.717) is 36.8 Å². The van der Waals surface area contributed by atoms with E-state index in [2.05, 4.69) is 0 Å². The van der Waals surface area contributed by atoms with Crippen LogP contribution in [0.5, 0.6) is 5.75 Å². The van der Waals surface area contributed by atoms with E-state index in [9.17, 15) is 14.0 Å². The Kier molecular flexibility index (Phi) is 6.91. The van der Waals surface area contributed by atoms with Crippen molar-refractivity contribution in [3.05, 3.63) is 29.6 Å². The van der Waals surface area contributed by atoms with Crippen molar-refractivity contribution in [1.29, 1.82) is 0 Å². The van der Waals surface area contributed by atoms with Crippen LogP contribution in [0.3, 0.4) is 0 Å². The minimum absolute atomic E-state index is 0.0732. The lowest BCUT2D eigenvalue weighted by Gasteiger charge is -2.52. The van der Waals surface area contributed by atoms with Gasteiger partial charge < -0.3 is 19.3 Å². The molecule has 1 aromatic rings. The molecule has 2 amide bonds. The Morgan fingerprint density at radius 2 is 1.84 bits per heavy atom. The van der Waals surface area contributed by atoms with Crippen LogP contribution in [-0.2, 0) is 4.74 Å². The average Bonchev–Trinajstić information content (AvgIpc) is 2.68. The van der Waals surface area contributed by atoms with Gasteiger partial charge in [0.1, 0.15) is 11.6 Å². The molecule has 0 radical (unpaired) electrons. The van der Waals surface area contributed by atoms with Gasteiger partial charge >= 0.3 is 6.09 Å². The molecule has 0 bridgehead atoms. The average molecular weight is 447 g/mol. The molecule has 0 N–H and O–H groups in total. The zero-order valence-electron chi connectivity index (χ0n) is 19.3. The van der Waals surface area contributed by atoms with Crippen molar-refractivity contribution in [2.24, 2.45) is 11.3 Å². The summed E-state index contributed by atoms with van der Waals surface area (Å²) in [5.74, 6) is 0.445. The first-order chi connectivity index (χ1) is 15.3. The minimum Gasteiger partial charge on any atom is -0.493 e. The summed E-state index contributed by atoms with van der Waals surface area (Å²) in [5, 5.41) is 0. The van der Waals surface area contributed by atoms with Crippen LogP contribution in [0.25, 0.3) is 0 Å². The van der Waals surface area contributed by atoms with Crippen molar-refractivity contribution in [2.45, 2.75) is 64.9 Å². The van der Waals surface area contributed by atoms with E-state index in [0.717, 1.165) is 45.2 Å². The maximum atomic E-state index is 14.3. The molecule has 2 aliphatic heterocycles. The highest BCUT2D eigenvalue weighted by Gasteiger charge is 2.46. The van der Waals surface area contributed by atoms with Crippen LogP contribution in [0.2, 0.25) is 0 Å². The summed E-state index contributed by atoms with van der Waals surface area (Å²) in [6, 6.07) is 4.54. The zero-order chi connectivity index (χ0) is 22.7. The Morgan fingerprint density at radius 1 is 1.12 bits per heavy atom. The van der Waals surface area contributed by atoms with Crippen LogP contribution in [0.1, 0.15) is 69.2 Å². The molecule has 2 saturated heterocycles. The molecule has 0 aromatic heterocycles. The highest BCUT2D eigenvalue weighted by molar-refractivity contribution is 5.95. The van der Waals surface area contributed by atoms with E-state index in [-0.39, 0.29) is 23.7 Å². The van der Waals surface area contributed by atoms with Gasteiger partial charge in [0.2, 0.25) is 0 Å². The molecule has 176 valence electrons. The predicted molar refractivity (Wildman–Crippen MR) is 119 cm³/mol. The van der Waals surface area contributed by atoms with Gasteiger partial charge in [0.15, 0.2) is 0 Å². The standard InChI is InChI=1S/C25H35FN2O4/c1-18(2)32-24(30)28-12-8-25(9-13-28)16-19(17-25)5-3-14-31-20-6-7-21(22(26)15-20)23(29)27-10-4-11-27/h6-7,15,18-19H,3-5,8-14,16-17H2,1-2H3. The SMILES string of the molecule is CC(C)OC(=O)N1CCC2(CC1)CC(CCCOc1ccc(C(=O)N3CCC3)c(F)c1)C2. The second kappa shape index (κ2) is 9.67. The monoisotopic (exact) mass is 446 g/mol. The molecule has 3 aliphatic rings. The number of likely N-dealkylation sites (tertiary alicyclic amines) is 2. The number of carbonyl (C=O) groups is 2. The number of carbonyl (C=O) groups excluding carboxylic acids is 2. The molecule has 0 unspecified atom stereocenters. The fourth-order valence-corrected chi connectivity index (χ4v) is 5.23. The Hall–Kier alpha value is -2.31.